The monoisotopic (exact) mass is 392 g/mol. The minimum atomic E-state index is -0.303. The van der Waals surface area contributed by atoms with Gasteiger partial charge in [0.2, 0.25) is 0 Å². The molecule has 0 spiro atoms. The van der Waals surface area contributed by atoms with E-state index in [4.69, 9.17) is 0 Å². The smallest absolute Gasteiger partial charge is 0.187 e. The fourth-order valence-electron chi connectivity index (χ4n) is 3.10. The third-order valence-corrected chi connectivity index (χ3v) is 5.58. The molecule has 0 amide bonds. The van der Waals surface area contributed by atoms with Crippen LogP contribution in [0, 0.1) is 33.5 Å². The number of imidazole rings is 1. The van der Waals surface area contributed by atoms with Gasteiger partial charge in [0, 0.05) is 22.8 Å². The maximum Gasteiger partial charge on any atom is 0.187 e. The first-order chi connectivity index (χ1) is 13.4. The minimum absolute atomic E-state index is 0.303. The normalized spacial score (nSPS) is 11.0. The van der Waals surface area contributed by atoms with Crippen molar-refractivity contribution in [2.24, 2.45) is 0 Å². The Hall–Kier alpha value is -2.99. The topological polar surface area (TPSA) is 42.7 Å². The van der Waals surface area contributed by atoms with Crippen molar-refractivity contribution in [3.63, 3.8) is 0 Å². The van der Waals surface area contributed by atoms with Crippen LogP contribution in [-0.4, -0.2) is 14.5 Å². The van der Waals surface area contributed by atoms with E-state index in [9.17, 15) is 4.39 Å². The van der Waals surface area contributed by atoms with Gasteiger partial charge in [0.1, 0.15) is 5.82 Å². The van der Waals surface area contributed by atoms with Crippen molar-refractivity contribution in [2.45, 2.75) is 27.7 Å². The molecule has 142 valence electrons. The van der Waals surface area contributed by atoms with Crippen LogP contribution in [0.3, 0.4) is 0 Å². The van der Waals surface area contributed by atoms with Crippen molar-refractivity contribution in [2.75, 3.05) is 5.32 Å². The van der Waals surface area contributed by atoms with E-state index in [1.807, 2.05) is 18.4 Å². The maximum absolute atomic E-state index is 14.6. The first kappa shape index (κ1) is 18.4. The van der Waals surface area contributed by atoms with Crippen LogP contribution < -0.4 is 5.32 Å². The number of hydrogen-bond acceptors (Lipinski definition) is 4. The molecule has 0 saturated carbocycles. The molecule has 2 heterocycles. The molecule has 4 rings (SSSR count). The SMILES string of the molecule is Cc1cn(-c2ccc(-c3csc(Nc4cc(C)c(C)cc4C)n3)cc2F)cn1. The third-order valence-electron chi connectivity index (χ3n) is 4.82. The highest BCUT2D eigenvalue weighted by molar-refractivity contribution is 7.14. The summed E-state index contributed by atoms with van der Waals surface area (Å²) in [6.45, 7) is 8.16. The fourth-order valence-corrected chi connectivity index (χ4v) is 3.83. The Kier molecular flexibility index (Phi) is 4.73. The second-order valence-electron chi connectivity index (χ2n) is 7.00. The summed E-state index contributed by atoms with van der Waals surface area (Å²) in [6, 6.07) is 9.45. The van der Waals surface area contributed by atoms with Gasteiger partial charge in [0.05, 0.1) is 23.4 Å². The first-order valence-corrected chi connectivity index (χ1v) is 9.90. The van der Waals surface area contributed by atoms with Gasteiger partial charge < -0.3 is 9.88 Å². The summed E-state index contributed by atoms with van der Waals surface area (Å²) in [5.74, 6) is -0.303. The van der Waals surface area contributed by atoms with Crippen LogP contribution in [0.15, 0.2) is 48.2 Å². The highest BCUT2D eigenvalue weighted by atomic mass is 32.1. The number of hydrogen-bond donors (Lipinski definition) is 1. The third kappa shape index (κ3) is 3.55. The van der Waals surface area contributed by atoms with E-state index in [-0.39, 0.29) is 5.82 Å². The Bertz CT molecular complexity index is 1160. The molecule has 0 saturated heterocycles. The van der Waals surface area contributed by atoms with Gasteiger partial charge in [0.15, 0.2) is 5.13 Å². The van der Waals surface area contributed by atoms with Crippen LogP contribution in [0.4, 0.5) is 15.2 Å². The predicted molar refractivity (Wildman–Crippen MR) is 113 cm³/mol. The Morgan fingerprint density at radius 1 is 1.00 bits per heavy atom. The number of aryl methyl sites for hydroxylation is 4. The van der Waals surface area contributed by atoms with Crippen molar-refractivity contribution in [3.05, 3.63) is 76.4 Å². The molecule has 1 N–H and O–H groups in total. The summed E-state index contributed by atoms with van der Waals surface area (Å²) in [7, 11) is 0. The van der Waals surface area contributed by atoms with Crippen LogP contribution in [-0.2, 0) is 0 Å². The summed E-state index contributed by atoms with van der Waals surface area (Å²) in [5, 5.41) is 6.11. The number of aromatic nitrogens is 3. The molecular formula is C22H21FN4S. The number of nitrogens with zero attached hydrogens (tertiary/aromatic N) is 3. The molecule has 0 aliphatic carbocycles. The summed E-state index contributed by atoms with van der Waals surface area (Å²) < 4.78 is 16.3. The van der Waals surface area contributed by atoms with Gasteiger partial charge in [-0.3, -0.25) is 0 Å². The molecule has 0 unspecified atom stereocenters. The van der Waals surface area contributed by atoms with E-state index >= 15 is 0 Å². The fraction of sp³-hybridized carbons (Fsp3) is 0.182. The van der Waals surface area contributed by atoms with Gasteiger partial charge >= 0.3 is 0 Å². The Balaban J connectivity index is 1.59. The number of thiazole rings is 1. The van der Waals surface area contributed by atoms with Crippen LogP contribution in [0.2, 0.25) is 0 Å². The van der Waals surface area contributed by atoms with Gasteiger partial charge in [-0.05, 0) is 62.6 Å². The second-order valence-corrected chi connectivity index (χ2v) is 7.86. The van der Waals surface area contributed by atoms with Gasteiger partial charge in [-0.15, -0.1) is 11.3 Å². The molecule has 0 aliphatic heterocycles. The maximum atomic E-state index is 14.6. The first-order valence-electron chi connectivity index (χ1n) is 9.02. The molecule has 28 heavy (non-hydrogen) atoms. The zero-order valence-corrected chi connectivity index (χ0v) is 17.1. The molecule has 0 aliphatic rings. The summed E-state index contributed by atoms with van der Waals surface area (Å²) in [5.41, 5.74) is 7.54. The van der Waals surface area contributed by atoms with Crippen LogP contribution in [0.5, 0.6) is 0 Å². The predicted octanol–water partition coefficient (Wildman–Crippen LogP) is 6.11. The largest absolute Gasteiger partial charge is 0.331 e. The summed E-state index contributed by atoms with van der Waals surface area (Å²) >= 11 is 1.51. The minimum Gasteiger partial charge on any atom is -0.331 e. The van der Waals surface area contributed by atoms with Crippen molar-refractivity contribution >= 4 is 22.2 Å². The summed E-state index contributed by atoms with van der Waals surface area (Å²) in [4.78, 5) is 8.79. The lowest BCUT2D eigenvalue weighted by atomic mass is 10.1. The molecule has 0 atom stereocenters. The van der Waals surface area contributed by atoms with Crippen molar-refractivity contribution in [1.82, 2.24) is 14.5 Å². The highest BCUT2D eigenvalue weighted by Gasteiger charge is 2.11. The Labute approximate surface area is 167 Å². The molecular weight excluding hydrogens is 371 g/mol. The van der Waals surface area contributed by atoms with E-state index in [0.717, 1.165) is 27.8 Å². The molecule has 0 fully saturated rings. The van der Waals surface area contributed by atoms with E-state index < -0.39 is 0 Å². The number of anilines is 2. The Morgan fingerprint density at radius 2 is 1.79 bits per heavy atom. The van der Waals surface area contributed by atoms with Gasteiger partial charge in [-0.1, -0.05) is 12.1 Å². The average Bonchev–Trinajstić information content (AvgIpc) is 3.29. The van der Waals surface area contributed by atoms with Crippen LogP contribution in [0.25, 0.3) is 16.9 Å². The van der Waals surface area contributed by atoms with Crippen LogP contribution in [0.1, 0.15) is 22.4 Å². The summed E-state index contributed by atoms with van der Waals surface area (Å²) in [6.07, 6.45) is 3.42. The second kappa shape index (κ2) is 7.20. The van der Waals surface area contributed by atoms with E-state index in [1.165, 1.54) is 34.1 Å². The van der Waals surface area contributed by atoms with Crippen LogP contribution >= 0.6 is 11.3 Å². The number of nitrogens with one attached hydrogen (secondary N) is 1. The molecule has 4 aromatic rings. The molecule has 2 aromatic heterocycles. The molecule has 6 heteroatoms. The lowest BCUT2D eigenvalue weighted by molar-refractivity contribution is 0.618. The molecule has 2 aromatic carbocycles. The molecule has 0 radical (unpaired) electrons. The van der Waals surface area contributed by atoms with Crippen molar-refractivity contribution < 1.29 is 4.39 Å². The highest BCUT2D eigenvalue weighted by Crippen LogP contribution is 2.30. The Morgan fingerprint density at radius 3 is 2.50 bits per heavy atom. The van der Waals surface area contributed by atoms with Crippen molar-refractivity contribution in [1.29, 1.82) is 0 Å². The van der Waals surface area contributed by atoms with E-state index in [1.54, 1.807) is 23.2 Å². The zero-order chi connectivity index (χ0) is 19.8. The molecule has 0 bridgehead atoms. The van der Waals surface area contributed by atoms with E-state index in [0.29, 0.717) is 5.69 Å². The van der Waals surface area contributed by atoms with Gasteiger partial charge in [-0.2, -0.15) is 0 Å². The standard InChI is InChI=1S/C22H21FN4S/c1-13-7-15(3)19(8-14(13)2)25-22-26-20(11-28-22)17-5-6-21(18(23)9-17)27-10-16(4)24-12-27/h5-12H,1-4H3,(H,25,26). The number of halogens is 1. The van der Waals surface area contributed by atoms with Gasteiger partial charge in [-0.25, -0.2) is 14.4 Å². The number of benzene rings is 2. The zero-order valence-electron chi connectivity index (χ0n) is 16.2. The van der Waals surface area contributed by atoms with Gasteiger partial charge in [0.25, 0.3) is 0 Å². The quantitative estimate of drug-likeness (QED) is 0.455. The average molecular weight is 393 g/mol. The van der Waals surface area contributed by atoms with E-state index in [2.05, 4.69) is 48.2 Å². The lowest BCUT2D eigenvalue weighted by Crippen LogP contribution is -1.96. The number of rotatable bonds is 4. The lowest BCUT2D eigenvalue weighted by Gasteiger charge is -2.10. The van der Waals surface area contributed by atoms with Crippen molar-refractivity contribution in [3.8, 4) is 16.9 Å². The molecule has 4 nitrogen and oxygen atoms in total.